The molecule has 1 N–H and O–H groups in total. The molecule has 1 aliphatic rings. The molecule has 1 atom stereocenters. The molecule has 2 rings (SSSR count). The van der Waals surface area contributed by atoms with Crippen molar-refractivity contribution >= 4 is 5.97 Å². The molecule has 0 aliphatic carbocycles. The summed E-state index contributed by atoms with van der Waals surface area (Å²) >= 11 is 0. The second kappa shape index (κ2) is 6.68. The van der Waals surface area contributed by atoms with E-state index in [0.29, 0.717) is 5.56 Å². The third-order valence-corrected chi connectivity index (χ3v) is 3.38. The molecule has 19 heavy (non-hydrogen) atoms. The Morgan fingerprint density at radius 3 is 2.84 bits per heavy atom. The zero-order chi connectivity index (χ0) is 13.7. The van der Waals surface area contributed by atoms with Crippen LogP contribution < -0.4 is 0 Å². The van der Waals surface area contributed by atoms with Crippen LogP contribution in [0.1, 0.15) is 37.0 Å². The smallest absolute Gasteiger partial charge is 0.339 e. The zero-order valence-electron chi connectivity index (χ0n) is 11.3. The monoisotopic (exact) mass is 263 g/mol. The minimum absolute atomic E-state index is 0.281. The lowest BCUT2D eigenvalue weighted by molar-refractivity contribution is -0.153. The highest BCUT2D eigenvalue weighted by Gasteiger charge is 2.19. The predicted octanol–water partition coefficient (Wildman–Crippen LogP) is 1.88. The van der Waals surface area contributed by atoms with E-state index < -0.39 is 12.1 Å². The number of carbonyl (C=O) groups is 1. The van der Waals surface area contributed by atoms with Crippen molar-refractivity contribution in [1.82, 2.24) is 4.90 Å². The van der Waals surface area contributed by atoms with Gasteiger partial charge in [0.1, 0.15) is 0 Å². The highest BCUT2D eigenvalue weighted by Crippen LogP contribution is 2.18. The molecule has 1 aromatic carbocycles. The fourth-order valence-corrected chi connectivity index (χ4v) is 2.42. The third-order valence-electron chi connectivity index (χ3n) is 3.38. The molecule has 0 radical (unpaired) electrons. The van der Waals surface area contributed by atoms with Crippen LogP contribution in [0.4, 0.5) is 0 Å². The largest absolute Gasteiger partial charge is 0.464 e. The molecule has 0 bridgehead atoms. The van der Waals surface area contributed by atoms with Crippen LogP contribution in [0.5, 0.6) is 0 Å². The minimum atomic E-state index is -1.18. The maximum Gasteiger partial charge on any atom is 0.339 e. The first-order chi connectivity index (χ1) is 9.20. The van der Waals surface area contributed by atoms with E-state index in [4.69, 9.17) is 4.74 Å². The summed E-state index contributed by atoms with van der Waals surface area (Å²) in [6, 6.07) is 7.55. The van der Waals surface area contributed by atoms with Crippen molar-refractivity contribution in [2.24, 2.45) is 0 Å². The Morgan fingerprint density at radius 2 is 2.16 bits per heavy atom. The van der Waals surface area contributed by atoms with Gasteiger partial charge >= 0.3 is 5.97 Å². The van der Waals surface area contributed by atoms with Gasteiger partial charge in [-0.2, -0.15) is 0 Å². The molecular formula is C15H21NO3. The van der Waals surface area contributed by atoms with E-state index in [-0.39, 0.29) is 6.61 Å². The zero-order valence-corrected chi connectivity index (χ0v) is 11.3. The lowest BCUT2D eigenvalue weighted by Crippen LogP contribution is -2.19. The van der Waals surface area contributed by atoms with E-state index in [9.17, 15) is 9.90 Å². The Morgan fingerprint density at radius 1 is 1.42 bits per heavy atom. The van der Waals surface area contributed by atoms with Gasteiger partial charge in [-0.15, -0.1) is 0 Å². The molecule has 1 heterocycles. The van der Waals surface area contributed by atoms with Crippen LogP contribution in [-0.2, 0) is 16.1 Å². The van der Waals surface area contributed by atoms with Crippen LogP contribution in [-0.4, -0.2) is 35.7 Å². The third kappa shape index (κ3) is 3.78. The van der Waals surface area contributed by atoms with E-state index in [2.05, 4.69) is 4.90 Å². The van der Waals surface area contributed by atoms with Crippen LogP contribution in [0, 0.1) is 0 Å². The molecule has 1 unspecified atom stereocenters. The fraction of sp³-hybridized carbons (Fsp3) is 0.533. The minimum Gasteiger partial charge on any atom is -0.464 e. The normalized spacial score (nSPS) is 17.4. The summed E-state index contributed by atoms with van der Waals surface area (Å²) in [5, 5.41) is 9.92. The van der Waals surface area contributed by atoms with Gasteiger partial charge in [-0.05, 0) is 44.0 Å². The number of aliphatic hydroxyl groups is 1. The lowest BCUT2D eigenvalue weighted by atomic mass is 10.1. The number of hydrogen-bond acceptors (Lipinski definition) is 4. The molecule has 0 amide bonds. The van der Waals surface area contributed by atoms with Crippen molar-refractivity contribution in [3.05, 3.63) is 35.4 Å². The average Bonchev–Trinajstić information content (AvgIpc) is 2.91. The van der Waals surface area contributed by atoms with Crippen LogP contribution in [0.25, 0.3) is 0 Å². The Labute approximate surface area is 114 Å². The first kappa shape index (κ1) is 14.0. The van der Waals surface area contributed by atoms with Crippen molar-refractivity contribution in [3.63, 3.8) is 0 Å². The van der Waals surface area contributed by atoms with Crippen molar-refractivity contribution < 1.29 is 14.6 Å². The predicted molar refractivity (Wildman–Crippen MR) is 72.5 cm³/mol. The Hall–Kier alpha value is -1.39. The van der Waals surface area contributed by atoms with E-state index in [1.807, 2.05) is 18.2 Å². The van der Waals surface area contributed by atoms with Gasteiger partial charge in [-0.25, -0.2) is 4.79 Å². The number of rotatable bonds is 5. The van der Waals surface area contributed by atoms with Gasteiger partial charge in [0.05, 0.1) is 6.61 Å². The van der Waals surface area contributed by atoms with Crippen LogP contribution >= 0.6 is 0 Å². The molecule has 0 saturated carbocycles. The van der Waals surface area contributed by atoms with Gasteiger partial charge in [0, 0.05) is 6.54 Å². The van der Waals surface area contributed by atoms with Crippen molar-refractivity contribution in [3.8, 4) is 0 Å². The van der Waals surface area contributed by atoms with Gasteiger partial charge in [0.15, 0.2) is 6.10 Å². The Kier molecular flexibility index (Phi) is 4.93. The number of carbonyl (C=O) groups excluding carboxylic acids is 1. The highest BCUT2D eigenvalue weighted by atomic mass is 16.5. The summed E-state index contributed by atoms with van der Waals surface area (Å²) in [5.74, 6) is -0.583. The summed E-state index contributed by atoms with van der Waals surface area (Å²) in [7, 11) is 0. The summed E-state index contributed by atoms with van der Waals surface area (Å²) in [5.41, 5.74) is 1.73. The number of aliphatic hydroxyl groups excluding tert-OH is 1. The highest BCUT2D eigenvalue weighted by molar-refractivity contribution is 5.76. The van der Waals surface area contributed by atoms with Gasteiger partial charge in [0.2, 0.25) is 0 Å². The van der Waals surface area contributed by atoms with Crippen LogP contribution in [0.2, 0.25) is 0 Å². The van der Waals surface area contributed by atoms with Crippen LogP contribution in [0.15, 0.2) is 24.3 Å². The van der Waals surface area contributed by atoms with E-state index in [1.54, 1.807) is 13.0 Å². The Balaban J connectivity index is 2.03. The number of nitrogens with zero attached hydrogens (tertiary/aromatic N) is 1. The quantitative estimate of drug-likeness (QED) is 0.824. The van der Waals surface area contributed by atoms with Gasteiger partial charge in [-0.3, -0.25) is 4.90 Å². The molecule has 4 heteroatoms. The first-order valence-corrected chi connectivity index (χ1v) is 6.86. The molecule has 1 fully saturated rings. The summed E-state index contributed by atoms with van der Waals surface area (Å²) in [6.45, 7) is 5.15. The summed E-state index contributed by atoms with van der Waals surface area (Å²) < 4.78 is 4.83. The molecule has 4 nitrogen and oxygen atoms in total. The van der Waals surface area contributed by atoms with E-state index in [1.165, 1.54) is 12.8 Å². The maximum absolute atomic E-state index is 11.5. The molecular weight excluding hydrogens is 242 g/mol. The molecule has 0 aromatic heterocycles. The number of likely N-dealkylation sites (tertiary alicyclic amines) is 1. The van der Waals surface area contributed by atoms with Crippen molar-refractivity contribution in [2.75, 3.05) is 19.7 Å². The molecule has 104 valence electrons. The summed E-state index contributed by atoms with van der Waals surface area (Å²) in [6.07, 6.45) is 1.33. The second-order valence-corrected chi connectivity index (χ2v) is 4.88. The number of hydrogen-bond donors (Lipinski definition) is 1. The SMILES string of the molecule is CCOC(=O)C(O)c1cccc(CN2CCCC2)c1. The maximum atomic E-state index is 11.5. The molecule has 1 aliphatic heterocycles. The first-order valence-electron chi connectivity index (χ1n) is 6.86. The topological polar surface area (TPSA) is 49.8 Å². The van der Waals surface area contributed by atoms with Crippen LogP contribution in [0.3, 0.4) is 0 Å². The van der Waals surface area contributed by atoms with E-state index >= 15 is 0 Å². The number of benzene rings is 1. The van der Waals surface area contributed by atoms with Gasteiger partial charge < -0.3 is 9.84 Å². The lowest BCUT2D eigenvalue weighted by Gasteiger charge is -2.16. The fourth-order valence-electron chi connectivity index (χ4n) is 2.42. The average molecular weight is 263 g/mol. The standard InChI is InChI=1S/C15H21NO3/c1-2-19-15(18)14(17)13-7-5-6-12(10-13)11-16-8-3-4-9-16/h5-7,10,14,17H,2-4,8-9,11H2,1H3. The Bertz CT molecular complexity index is 427. The van der Waals surface area contributed by atoms with Crippen molar-refractivity contribution in [2.45, 2.75) is 32.4 Å². The molecule has 1 saturated heterocycles. The molecule has 1 aromatic rings. The van der Waals surface area contributed by atoms with Gasteiger partial charge in [0.25, 0.3) is 0 Å². The van der Waals surface area contributed by atoms with E-state index in [0.717, 1.165) is 25.2 Å². The van der Waals surface area contributed by atoms with Crippen molar-refractivity contribution in [1.29, 1.82) is 0 Å². The summed E-state index contributed by atoms with van der Waals surface area (Å²) in [4.78, 5) is 13.9. The van der Waals surface area contributed by atoms with Gasteiger partial charge in [-0.1, -0.05) is 24.3 Å². The second-order valence-electron chi connectivity index (χ2n) is 4.88. The number of esters is 1. The molecule has 0 spiro atoms. The number of ether oxygens (including phenoxy) is 1.